The third-order valence-corrected chi connectivity index (χ3v) is 0.183. The largest absolute Gasteiger partial charge is 0.503 e. The lowest BCUT2D eigenvalue weighted by molar-refractivity contribution is -0.159. The van der Waals surface area contributed by atoms with Gasteiger partial charge in [-0.05, 0) is 0 Å². The van der Waals surface area contributed by atoms with Crippen molar-refractivity contribution in [2.24, 2.45) is 0 Å². The Morgan fingerprint density at radius 3 is 0.818 bits per heavy atom. The number of hydrogen-bond donors (Lipinski definition) is 4. The second-order valence-electron chi connectivity index (χ2n) is 0.893. The molecule has 0 rings (SSSR count). The molecule has 0 aliphatic carbocycles. The van der Waals surface area contributed by atoms with Crippen molar-refractivity contribution in [3.63, 3.8) is 0 Å². The lowest BCUT2D eigenvalue weighted by Crippen LogP contribution is -2.09. The maximum absolute atomic E-state index is 9.10. The summed E-state index contributed by atoms with van der Waals surface area (Å²) in [5.74, 6) is -3.65. The van der Waals surface area contributed by atoms with Gasteiger partial charge in [-0.2, -0.15) is 0 Å². The van der Waals surface area contributed by atoms with Crippen molar-refractivity contribution in [2.45, 2.75) is 0 Å². The summed E-state index contributed by atoms with van der Waals surface area (Å²) in [6, 6.07) is 0. The third-order valence-electron chi connectivity index (χ3n) is 0.183. The fourth-order valence-corrected chi connectivity index (χ4v) is 0. The monoisotopic (exact) mass is 170 g/mol. The molecule has 0 atom stereocenters. The fraction of sp³-hybridized carbons (Fsp3) is 0. The Morgan fingerprint density at radius 1 is 0.727 bits per heavy atom. The quantitative estimate of drug-likeness (QED) is 0.323. The summed E-state index contributed by atoms with van der Waals surface area (Å²) in [5, 5.41) is 28.7. The smallest absolute Gasteiger partial charge is 0.473 e. The van der Waals surface area contributed by atoms with Gasteiger partial charge in [0.25, 0.3) is 0 Å². The maximum atomic E-state index is 9.10. The normalized spacial score (nSPS) is 6.18. The molecule has 0 saturated heterocycles. The van der Waals surface area contributed by atoms with E-state index in [0.717, 1.165) is 0 Å². The van der Waals surface area contributed by atoms with Crippen molar-refractivity contribution >= 4 is 18.1 Å². The Kier molecular flexibility index (Phi) is 11.9. The van der Waals surface area contributed by atoms with E-state index in [1.54, 1.807) is 0 Å². The van der Waals surface area contributed by atoms with Gasteiger partial charge in [-0.25, -0.2) is 14.4 Å². The van der Waals surface area contributed by atoms with E-state index in [4.69, 9.17) is 34.8 Å². The Morgan fingerprint density at radius 2 is 0.818 bits per heavy atom. The minimum Gasteiger partial charge on any atom is -0.473 e. The Bertz CT molecular complexity index is 131. The van der Waals surface area contributed by atoms with Crippen molar-refractivity contribution < 1.29 is 40.3 Å². The van der Waals surface area contributed by atoms with E-state index in [1.807, 2.05) is 0 Å². The van der Waals surface area contributed by atoms with Gasteiger partial charge in [0.1, 0.15) is 0 Å². The first-order valence-corrected chi connectivity index (χ1v) is 1.76. The Balaban J connectivity index is -0.000000114. The number of hydrogen-bond acceptors (Lipinski definition) is 3. The van der Waals surface area contributed by atoms with E-state index in [1.165, 1.54) is 0 Å². The molecule has 0 heterocycles. The Hall–Kier alpha value is -1.83. The van der Waals surface area contributed by atoms with Crippen LogP contribution in [0.4, 0.5) is 4.79 Å². The van der Waals surface area contributed by atoms with Crippen molar-refractivity contribution in [1.29, 1.82) is 0 Å². The summed E-state index contributed by atoms with van der Waals surface area (Å²) < 4.78 is 0. The third kappa shape index (κ3) is 66.1. The topological polar surface area (TPSA) is 164 Å². The van der Waals surface area contributed by atoms with Crippen LogP contribution in [0.25, 0.3) is 0 Å². The molecule has 6 N–H and O–H groups in total. The van der Waals surface area contributed by atoms with E-state index in [-0.39, 0.29) is 5.48 Å². The van der Waals surface area contributed by atoms with Gasteiger partial charge in [0, 0.05) is 0 Å². The molecular formula is C3H6O8. The van der Waals surface area contributed by atoms with Crippen LogP contribution in [-0.2, 0) is 9.59 Å². The summed E-state index contributed by atoms with van der Waals surface area (Å²) in [7, 11) is 0. The molecule has 0 aromatic heterocycles. The first-order valence-electron chi connectivity index (χ1n) is 1.76. The maximum Gasteiger partial charge on any atom is 0.503 e. The predicted molar refractivity (Wildman–Crippen MR) is 29.5 cm³/mol. The predicted octanol–water partition coefficient (Wildman–Crippen LogP) is -1.45. The van der Waals surface area contributed by atoms with Crippen LogP contribution in [0.5, 0.6) is 0 Å². The number of aliphatic carboxylic acids is 2. The molecule has 0 radical (unpaired) electrons. The molecule has 0 aliphatic heterocycles. The first-order chi connectivity index (χ1) is 4.37. The van der Waals surface area contributed by atoms with Gasteiger partial charge in [0.15, 0.2) is 0 Å². The van der Waals surface area contributed by atoms with Crippen molar-refractivity contribution in [3.05, 3.63) is 0 Å². The van der Waals surface area contributed by atoms with Crippen molar-refractivity contribution in [1.82, 2.24) is 0 Å². The Labute approximate surface area is 59.6 Å². The zero-order chi connectivity index (χ0) is 8.73. The van der Waals surface area contributed by atoms with Crippen LogP contribution < -0.4 is 0 Å². The minimum atomic E-state index is -1.83. The number of carboxylic acids is 2. The molecule has 0 bridgehead atoms. The average Bonchev–Trinajstić information content (AvgIpc) is 1.63. The van der Waals surface area contributed by atoms with Gasteiger partial charge in [-0.15, -0.1) is 0 Å². The van der Waals surface area contributed by atoms with Gasteiger partial charge in [-0.3, -0.25) is 0 Å². The highest BCUT2D eigenvalue weighted by Gasteiger charge is 2.04. The lowest BCUT2D eigenvalue weighted by atomic mass is 10.7. The van der Waals surface area contributed by atoms with Crippen molar-refractivity contribution in [3.8, 4) is 0 Å². The summed E-state index contributed by atoms with van der Waals surface area (Å²) >= 11 is 0. The zero-order valence-corrected chi connectivity index (χ0v) is 5.01. The molecule has 0 fully saturated rings. The standard InChI is InChI=1S/C2H2O4.CH2O3.H2O/c3-1(4)2(5)6;2-1(3)4;/h(H,3,4)(H,5,6);(H2,2,3,4);1H2. The van der Waals surface area contributed by atoms with Gasteiger partial charge in [0.2, 0.25) is 0 Å². The highest BCUT2D eigenvalue weighted by Crippen LogP contribution is 1.56. The van der Waals surface area contributed by atoms with E-state index >= 15 is 0 Å². The van der Waals surface area contributed by atoms with Crippen LogP contribution in [0.1, 0.15) is 0 Å². The molecule has 0 aromatic carbocycles. The van der Waals surface area contributed by atoms with Gasteiger partial charge in [0.05, 0.1) is 0 Å². The van der Waals surface area contributed by atoms with E-state index in [9.17, 15) is 0 Å². The van der Waals surface area contributed by atoms with Crippen molar-refractivity contribution in [2.75, 3.05) is 0 Å². The van der Waals surface area contributed by atoms with E-state index in [0.29, 0.717) is 0 Å². The highest BCUT2D eigenvalue weighted by molar-refractivity contribution is 6.27. The summed E-state index contributed by atoms with van der Waals surface area (Å²) in [4.78, 5) is 26.8. The summed E-state index contributed by atoms with van der Waals surface area (Å²) in [5.41, 5.74) is 0. The SMILES string of the molecule is O.O=C(O)C(=O)O.O=C(O)O. The van der Waals surface area contributed by atoms with Crippen LogP contribution in [0.2, 0.25) is 0 Å². The van der Waals surface area contributed by atoms with Gasteiger partial charge in [-0.1, -0.05) is 0 Å². The number of carboxylic acid groups (broad SMARTS) is 4. The van der Waals surface area contributed by atoms with Gasteiger partial charge < -0.3 is 25.9 Å². The van der Waals surface area contributed by atoms with Gasteiger partial charge >= 0.3 is 18.1 Å². The number of rotatable bonds is 0. The average molecular weight is 170 g/mol. The zero-order valence-electron chi connectivity index (χ0n) is 5.01. The molecular weight excluding hydrogens is 164 g/mol. The van der Waals surface area contributed by atoms with E-state index in [2.05, 4.69) is 0 Å². The summed E-state index contributed by atoms with van der Waals surface area (Å²) in [6.07, 6.45) is -1.83. The van der Waals surface area contributed by atoms with Crippen LogP contribution in [0.3, 0.4) is 0 Å². The highest BCUT2D eigenvalue weighted by atomic mass is 16.6. The summed E-state index contributed by atoms with van der Waals surface area (Å²) in [6.45, 7) is 0. The van der Waals surface area contributed by atoms with Crippen LogP contribution >= 0.6 is 0 Å². The molecule has 8 nitrogen and oxygen atoms in total. The van der Waals surface area contributed by atoms with Crippen LogP contribution in [0.15, 0.2) is 0 Å². The first kappa shape index (κ1) is 16.1. The molecule has 0 spiro atoms. The minimum absolute atomic E-state index is 0. The van der Waals surface area contributed by atoms with Crippen LogP contribution in [0, 0.1) is 0 Å². The second kappa shape index (κ2) is 8.17. The molecule has 0 aliphatic rings. The van der Waals surface area contributed by atoms with E-state index < -0.39 is 18.1 Å². The molecule has 0 aromatic rings. The molecule has 66 valence electrons. The lowest BCUT2D eigenvalue weighted by Gasteiger charge is -1.72. The molecule has 11 heavy (non-hydrogen) atoms. The molecule has 0 saturated carbocycles. The second-order valence-corrected chi connectivity index (χ2v) is 0.893. The molecule has 0 unspecified atom stereocenters. The molecule has 8 heteroatoms. The number of carbonyl (C=O) groups is 3. The molecule has 0 amide bonds. The van der Waals surface area contributed by atoms with Crippen LogP contribution in [-0.4, -0.2) is 44.0 Å². The fourth-order valence-electron chi connectivity index (χ4n) is 0.